The van der Waals surface area contributed by atoms with Crippen molar-refractivity contribution >= 4 is 19.8 Å². The third kappa shape index (κ3) is 25.4. The van der Waals surface area contributed by atoms with E-state index < -0.39 is 113 Å². The lowest BCUT2D eigenvalue weighted by atomic mass is 9.84. The molecule has 1 aliphatic heterocycles. The predicted octanol–water partition coefficient (Wildman–Crippen LogP) is 5.71. The third-order valence-corrected chi connectivity index (χ3v) is 13.5. The average molecular weight is 985 g/mol. The van der Waals surface area contributed by atoms with Crippen LogP contribution in [0.1, 0.15) is 187 Å². The molecule has 0 spiro atoms. The van der Waals surface area contributed by atoms with Crippen LogP contribution >= 0.6 is 7.82 Å². The van der Waals surface area contributed by atoms with Crippen molar-refractivity contribution in [3.63, 3.8) is 0 Å². The molecule has 1 saturated carbocycles. The summed E-state index contributed by atoms with van der Waals surface area (Å²) in [7, 11) is -5.37. The van der Waals surface area contributed by atoms with Crippen molar-refractivity contribution in [3.8, 4) is 0 Å². The number of esters is 2. The number of allylic oxidation sites excluding steroid dienone is 2. The summed E-state index contributed by atoms with van der Waals surface area (Å²) in [6, 6.07) is 0. The molecule has 0 amide bonds. The van der Waals surface area contributed by atoms with Gasteiger partial charge in [0.05, 0.1) is 13.2 Å². The van der Waals surface area contributed by atoms with E-state index in [0.29, 0.717) is 12.8 Å². The number of aliphatic hydroxyl groups is 8. The summed E-state index contributed by atoms with van der Waals surface area (Å²) in [5, 5.41) is 82.9. The van der Waals surface area contributed by atoms with Gasteiger partial charge in [-0.25, -0.2) is 4.57 Å². The molecule has 2 aliphatic rings. The van der Waals surface area contributed by atoms with Crippen molar-refractivity contribution in [1.82, 2.24) is 0 Å². The van der Waals surface area contributed by atoms with Crippen molar-refractivity contribution in [3.05, 3.63) is 12.2 Å². The summed E-state index contributed by atoms with van der Waals surface area (Å²) in [5.74, 6) is -1.23. The summed E-state index contributed by atoms with van der Waals surface area (Å²) in [6.45, 7) is 2.21. The molecule has 1 saturated heterocycles. The Labute approximate surface area is 399 Å². The number of aliphatic hydroxyl groups excluding tert-OH is 8. The second-order valence-electron chi connectivity index (χ2n) is 18.4. The molecule has 18 nitrogen and oxygen atoms in total. The standard InChI is InChI=1S/C48H89O18P/c1-3-5-7-9-11-13-15-17-19-20-22-24-26-28-30-37(50)61-33-35(63-38(51)31-29-27-25-23-21-18-16-14-12-10-8-6-4-2)34-62-67(59,60)66-47-44(57)42(55)41(54)43(56)46(47)65-48-45(58)40(53)39(52)36(32-49)64-48/h19-20,35-36,39-49,52-58H,3-18,21-34H2,1-2H3,(H,59,60)/b20-19-. The van der Waals surface area contributed by atoms with Gasteiger partial charge in [0.15, 0.2) is 12.4 Å². The normalized spacial score (nSPS) is 28.1. The van der Waals surface area contributed by atoms with Gasteiger partial charge in [-0.15, -0.1) is 0 Å². The second kappa shape index (κ2) is 36.3. The highest BCUT2D eigenvalue weighted by Crippen LogP contribution is 2.48. The van der Waals surface area contributed by atoms with Crippen molar-refractivity contribution in [2.24, 2.45) is 0 Å². The highest BCUT2D eigenvalue weighted by Gasteiger charge is 2.55. The molecule has 1 heterocycles. The first-order chi connectivity index (χ1) is 32.2. The summed E-state index contributed by atoms with van der Waals surface area (Å²) < 4.78 is 45.4. The number of phosphoric ester groups is 1. The van der Waals surface area contributed by atoms with E-state index in [9.17, 15) is 59.9 Å². The first kappa shape index (κ1) is 61.5. The monoisotopic (exact) mass is 985 g/mol. The Hall–Kier alpha value is -1.61. The summed E-state index contributed by atoms with van der Waals surface area (Å²) in [5.41, 5.74) is 0. The second-order valence-corrected chi connectivity index (χ2v) is 19.8. The number of ether oxygens (including phenoxy) is 4. The van der Waals surface area contributed by atoms with E-state index in [1.54, 1.807) is 0 Å². The molecule has 0 aromatic heterocycles. The first-order valence-corrected chi connectivity index (χ1v) is 27.0. The van der Waals surface area contributed by atoms with Crippen molar-refractivity contribution in [2.45, 2.75) is 261 Å². The molecular formula is C48H89O18P. The van der Waals surface area contributed by atoms with E-state index in [1.165, 1.54) is 96.3 Å². The van der Waals surface area contributed by atoms with Crippen LogP contribution in [0.15, 0.2) is 12.2 Å². The van der Waals surface area contributed by atoms with Crippen molar-refractivity contribution in [2.75, 3.05) is 19.8 Å². The topological polar surface area (TPSA) is 289 Å². The van der Waals surface area contributed by atoms with E-state index in [2.05, 4.69) is 26.0 Å². The SMILES string of the molecule is CCCCCCCCC/C=C\CCCCCC(=O)OCC(COP(=O)(O)OC1C(O)C(O)C(O)C(O)C1OC1OC(CO)C(O)C(O)C1O)OC(=O)CCCCCCCCCCCCCCC. The van der Waals surface area contributed by atoms with Gasteiger partial charge in [0.2, 0.25) is 0 Å². The smallest absolute Gasteiger partial charge is 0.462 e. The van der Waals surface area contributed by atoms with Gasteiger partial charge in [-0.05, 0) is 38.5 Å². The zero-order valence-electron chi connectivity index (χ0n) is 40.4. The molecule has 67 heavy (non-hydrogen) atoms. The molecule has 0 bridgehead atoms. The quantitative estimate of drug-likeness (QED) is 0.0154. The molecule has 2 rings (SSSR count). The maximum atomic E-state index is 13.4. The Bertz CT molecular complexity index is 1360. The highest BCUT2D eigenvalue weighted by molar-refractivity contribution is 7.47. The minimum atomic E-state index is -5.37. The lowest BCUT2D eigenvalue weighted by Crippen LogP contribution is -2.67. The Balaban J connectivity index is 1.95. The van der Waals surface area contributed by atoms with Crippen LogP contribution in [0, 0.1) is 0 Å². The van der Waals surface area contributed by atoms with Crippen LogP contribution in [0.2, 0.25) is 0 Å². The molecule has 9 N–H and O–H groups in total. The van der Waals surface area contributed by atoms with Crippen LogP contribution in [-0.2, 0) is 42.1 Å². The molecule has 13 atom stereocenters. The number of unbranched alkanes of at least 4 members (excludes halogenated alkanes) is 22. The number of hydrogen-bond acceptors (Lipinski definition) is 17. The fourth-order valence-corrected chi connectivity index (χ4v) is 9.20. The third-order valence-electron chi connectivity index (χ3n) is 12.5. The van der Waals surface area contributed by atoms with Crippen molar-refractivity contribution in [1.29, 1.82) is 0 Å². The maximum Gasteiger partial charge on any atom is 0.472 e. The van der Waals surface area contributed by atoms with Gasteiger partial charge in [0.25, 0.3) is 0 Å². The Kier molecular flexibility index (Phi) is 33.4. The number of phosphoric acid groups is 1. The highest BCUT2D eigenvalue weighted by atomic mass is 31.2. The Morgan fingerprint density at radius 3 is 1.49 bits per heavy atom. The van der Waals surface area contributed by atoms with Gasteiger partial charge in [0, 0.05) is 12.8 Å². The average Bonchev–Trinajstić information content (AvgIpc) is 3.31. The number of carbonyl (C=O) groups is 2. The predicted molar refractivity (Wildman–Crippen MR) is 249 cm³/mol. The van der Waals surface area contributed by atoms with Gasteiger partial charge in [0.1, 0.15) is 67.6 Å². The largest absolute Gasteiger partial charge is 0.472 e. The van der Waals surface area contributed by atoms with Crippen molar-refractivity contribution < 1.29 is 87.9 Å². The molecule has 2 fully saturated rings. The van der Waals surface area contributed by atoms with Gasteiger partial charge < -0.3 is 64.7 Å². The molecule has 13 unspecified atom stereocenters. The molecule has 19 heteroatoms. The first-order valence-electron chi connectivity index (χ1n) is 25.5. The van der Waals surface area contributed by atoms with Crippen LogP contribution < -0.4 is 0 Å². The number of hydrogen-bond donors (Lipinski definition) is 9. The summed E-state index contributed by atoms with van der Waals surface area (Å²) in [6.07, 6.45) is 8.70. The molecule has 1 aliphatic carbocycles. The van der Waals surface area contributed by atoms with E-state index in [1.807, 2.05) is 0 Å². The summed E-state index contributed by atoms with van der Waals surface area (Å²) >= 11 is 0. The van der Waals surface area contributed by atoms with Gasteiger partial charge in [-0.1, -0.05) is 148 Å². The summed E-state index contributed by atoms with van der Waals surface area (Å²) in [4.78, 5) is 36.5. The minimum Gasteiger partial charge on any atom is -0.462 e. The van der Waals surface area contributed by atoms with E-state index >= 15 is 0 Å². The van der Waals surface area contributed by atoms with Gasteiger partial charge in [-0.2, -0.15) is 0 Å². The van der Waals surface area contributed by atoms with Gasteiger partial charge in [-0.3, -0.25) is 18.6 Å². The minimum absolute atomic E-state index is 0.0341. The van der Waals surface area contributed by atoms with E-state index in [0.717, 1.165) is 51.4 Å². The Morgan fingerprint density at radius 1 is 0.552 bits per heavy atom. The lowest BCUT2D eigenvalue weighted by molar-refractivity contribution is -0.338. The van der Waals surface area contributed by atoms with Crippen LogP contribution in [-0.4, -0.2) is 151 Å². The maximum absolute atomic E-state index is 13.4. The molecule has 0 aromatic rings. The number of rotatable bonds is 39. The molecule has 394 valence electrons. The lowest BCUT2D eigenvalue weighted by Gasteiger charge is -2.47. The van der Waals surface area contributed by atoms with Crippen LogP contribution in [0.3, 0.4) is 0 Å². The molecular weight excluding hydrogens is 895 g/mol. The van der Waals surface area contributed by atoms with E-state index in [4.69, 9.17) is 28.0 Å². The fourth-order valence-electron chi connectivity index (χ4n) is 8.23. The van der Waals surface area contributed by atoms with Crippen LogP contribution in [0.4, 0.5) is 0 Å². The zero-order chi connectivity index (χ0) is 49.5. The fraction of sp³-hybridized carbons (Fsp3) is 0.917. The molecule has 0 radical (unpaired) electrons. The molecule has 0 aromatic carbocycles. The van der Waals surface area contributed by atoms with Crippen LogP contribution in [0.5, 0.6) is 0 Å². The number of carbonyl (C=O) groups excluding carboxylic acids is 2. The van der Waals surface area contributed by atoms with Crippen LogP contribution in [0.25, 0.3) is 0 Å². The zero-order valence-corrected chi connectivity index (χ0v) is 41.3. The Morgan fingerprint density at radius 2 is 0.985 bits per heavy atom. The van der Waals surface area contributed by atoms with E-state index in [-0.39, 0.29) is 12.8 Å². The van der Waals surface area contributed by atoms with Gasteiger partial charge >= 0.3 is 19.8 Å².